The summed E-state index contributed by atoms with van der Waals surface area (Å²) in [5, 5.41) is 10.6. The molecule has 2 rings (SSSR count). The lowest BCUT2D eigenvalue weighted by atomic mass is 9.86. The van der Waals surface area contributed by atoms with Gasteiger partial charge in [0.2, 0.25) is 0 Å². The Morgan fingerprint density at radius 2 is 2.07 bits per heavy atom. The molecule has 1 saturated heterocycles. The third-order valence-electron chi connectivity index (χ3n) is 2.91. The molecule has 2 nitrogen and oxygen atoms in total. The van der Waals surface area contributed by atoms with Crippen molar-refractivity contribution in [2.75, 3.05) is 0 Å². The molecule has 0 spiro atoms. The number of aliphatic hydroxyl groups is 1. The average Bonchev–Trinajstić information content (AvgIpc) is 2.98. The second-order valence-corrected chi connectivity index (χ2v) is 4.04. The van der Waals surface area contributed by atoms with Crippen LogP contribution < -0.4 is 0 Å². The Hall–Kier alpha value is -1.12. The standard InChI is InChI=1S/C13H16O2/c1-3-9-13(14,12-10(2)15-12)11-7-5-4-6-8-11/h3-8,10,12,14H,1,9H2,2H3/t10-,12+,13-/m1/s1. The van der Waals surface area contributed by atoms with Crippen LogP contribution in [0.1, 0.15) is 18.9 Å². The number of epoxide rings is 1. The number of benzene rings is 1. The molecular formula is C13H16O2. The van der Waals surface area contributed by atoms with E-state index in [9.17, 15) is 5.11 Å². The predicted octanol–water partition coefficient (Wildman–Crippen LogP) is 2.24. The van der Waals surface area contributed by atoms with Crippen molar-refractivity contribution in [2.24, 2.45) is 0 Å². The van der Waals surface area contributed by atoms with Gasteiger partial charge in [-0.05, 0) is 12.5 Å². The molecule has 1 N–H and O–H groups in total. The van der Waals surface area contributed by atoms with E-state index in [4.69, 9.17) is 4.74 Å². The molecule has 0 radical (unpaired) electrons. The van der Waals surface area contributed by atoms with Gasteiger partial charge in [-0.2, -0.15) is 0 Å². The quantitative estimate of drug-likeness (QED) is 0.602. The van der Waals surface area contributed by atoms with Gasteiger partial charge >= 0.3 is 0 Å². The molecule has 2 heteroatoms. The molecule has 1 fully saturated rings. The van der Waals surface area contributed by atoms with Gasteiger partial charge in [0.25, 0.3) is 0 Å². The molecule has 1 aromatic rings. The summed E-state index contributed by atoms with van der Waals surface area (Å²) in [6, 6.07) is 9.65. The van der Waals surface area contributed by atoms with Gasteiger partial charge in [-0.15, -0.1) is 6.58 Å². The van der Waals surface area contributed by atoms with Crippen molar-refractivity contribution in [1.29, 1.82) is 0 Å². The van der Waals surface area contributed by atoms with Crippen LogP contribution in [0.15, 0.2) is 43.0 Å². The predicted molar refractivity (Wildman–Crippen MR) is 59.5 cm³/mol. The van der Waals surface area contributed by atoms with Crippen LogP contribution in [-0.4, -0.2) is 17.3 Å². The highest BCUT2D eigenvalue weighted by Crippen LogP contribution is 2.41. The number of hydrogen-bond acceptors (Lipinski definition) is 2. The van der Waals surface area contributed by atoms with E-state index in [1.54, 1.807) is 6.08 Å². The Balaban J connectivity index is 2.30. The van der Waals surface area contributed by atoms with Crippen LogP contribution in [0.2, 0.25) is 0 Å². The van der Waals surface area contributed by atoms with E-state index in [2.05, 4.69) is 6.58 Å². The summed E-state index contributed by atoms with van der Waals surface area (Å²) in [6.45, 7) is 5.66. The molecule has 80 valence electrons. The Morgan fingerprint density at radius 1 is 1.47 bits per heavy atom. The van der Waals surface area contributed by atoms with Crippen LogP contribution in [0, 0.1) is 0 Å². The summed E-state index contributed by atoms with van der Waals surface area (Å²) < 4.78 is 5.39. The van der Waals surface area contributed by atoms with Gasteiger partial charge in [0.05, 0.1) is 6.10 Å². The molecule has 15 heavy (non-hydrogen) atoms. The molecule has 1 heterocycles. The maximum absolute atomic E-state index is 10.6. The second-order valence-electron chi connectivity index (χ2n) is 4.04. The van der Waals surface area contributed by atoms with Crippen LogP contribution in [0.4, 0.5) is 0 Å². The first-order chi connectivity index (χ1) is 7.18. The normalized spacial score (nSPS) is 28.1. The highest BCUT2D eigenvalue weighted by Gasteiger charge is 2.51. The zero-order chi connectivity index (χ0) is 10.9. The third-order valence-corrected chi connectivity index (χ3v) is 2.91. The Morgan fingerprint density at radius 3 is 2.53 bits per heavy atom. The lowest BCUT2D eigenvalue weighted by molar-refractivity contribution is 0.00992. The molecule has 1 aliphatic rings. The number of hydrogen-bond donors (Lipinski definition) is 1. The first-order valence-corrected chi connectivity index (χ1v) is 5.23. The van der Waals surface area contributed by atoms with Crippen molar-refractivity contribution >= 4 is 0 Å². The maximum Gasteiger partial charge on any atom is 0.122 e. The summed E-state index contributed by atoms with van der Waals surface area (Å²) in [6.07, 6.45) is 2.29. The second kappa shape index (κ2) is 3.80. The highest BCUT2D eigenvalue weighted by atomic mass is 16.6. The zero-order valence-corrected chi connectivity index (χ0v) is 8.89. The van der Waals surface area contributed by atoms with Gasteiger partial charge in [-0.1, -0.05) is 36.4 Å². The highest BCUT2D eigenvalue weighted by molar-refractivity contribution is 5.27. The minimum absolute atomic E-state index is 0.0992. The van der Waals surface area contributed by atoms with E-state index in [1.165, 1.54) is 0 Å². The Kier molecular flexibility index (Phi) is 2.63. The van der Waals surface area contributed by atoms with E-state index >= 15 is 0 Å². The van der Waals surface area contributed by atoms with Crippen molar-refractivity contribution in [3.8, 4) is 0 Å². The molecule has 0 saturated carbocycles. The van der Waals surface area contributed by atoms with Crippen molar-refractivity contribution in [3.63, 3.8) is 0 Å². The van der Waals surface area contributed by atoms with E-state index in [0.29, 0.717) is 6.42 Å². The van der Waals surface area contributed by atoms with Crippen molar-refractivity contribution in [3.05, 3.63) is 48.6 Å². The first-order valence-electron chi connectivity index (χ1n) is 5.23. The summed E-state index contributed by atoms with van der Waals surface area (Å²) in [7, 11) is 0. The minimum atomic E-state index is -0.914. The lowest BCUT2D eigenvalue weighted by Crippen LogP contribution is -2.32. The van der Waals surface area contributed by atoms with Crippen LogP contribution in [0.25, 0.3) is 0 Å². The molecule has 0 aromatic heterocycles. The molecule has 3 atom stereocenters. The summed E-state index contributed by atoms with van der Waals surface area (Å²) >= 11 is 0. The topological polar surface area (TPSA) is 32.8 Å². The first kappa shape index (κ1) is 10.4. The fraction of sp³-hybridized carbons (Fsp3) is 0.385. The SMILES string of the molecule is C=CC[C@@](O)(c1ccccc1)[C@H]1O[C@@H]1C. The summed E-state index contributed by atoms with van der Waals surface area (Å²) in [5.41, 5.74) is -0.0122. The van der Waals surface area contributed by atoms with Gasteiger partial charge in [0, 0.05) is 6.42 Å². The van der Waals surface area contributed by atoms with Crippen LogP contribution >= 0.6 is 0 Å². The van der Waals surface area contributed by atoms with Crippen molar-refractivity contribution in [1.82, 2.24) is 0 Å². The largest absolute Gasteiger partial charge is 0.382 e. The van der Waals surface area contributed by atoms with E-state index < -0.39 is 5.60 Å². The minimum Gasteiger partial charge on any atom is -0.382 e. The number of ether oxygens (including phenoxy) is 1. The molecule has 0 amide bonds. The Bertz CT molecular complexity index is 347. The van der Waals surface area contributed by atoms with Gasteiger partial charge in [-0.25, -0.2) is 0 Å². The number of rotatable bonds is 4. The van der Waals surface area contributed by atoms with Gasteiger partial charge in [0.15, 0.2) is 0 Å². The zero-order valence-electron chi connectivity index (χ0n) is 8.89. The van der Waals surface area contributed by atoms with E-state index in [1.807, 2.05) is 37.3 Å². The van der Waals surface area contributed by atoms with Crippen LogP contribution in [0.3, 0.4) is 0 Å². The fourth-order valence-corrected chi connectivity index (χ4v) is 2.03. The molecule has 0 bridgehead atoms. The Labute approximate surface area is 90.2 Å². The van der Waals surface area contributed by atoms with Gasteiger partial charge in [-0.3, -0.25) is 0 Å². The van der Waals surface area contributed by atoms with Crippen LogP contribution in [0.5, 0.6) is 0 Å². The molecular weight excluding hydrogens is 188 g/mol. The maximum atomic E-state index is 10.6. The molecule has 1 aromatic carbocycles. The van der Waals surface area contributed by atoms with Crippen molar-refractivity contribution in [2.45, 2.75) is 31.2 Å². The third kappa shape index (κ3) is 1.83. The average molecular weight is 204 g/mol. The van der Waals surface area contributed by atoms with Crippen molar-refractivity contribution < 1.29 is 9.84 Å². The summed E-state index contributed by atoms with van der Waals surface area (Å²) in [4.78, 5) is 0. The lowest BCUT2D eigenvalue weighted by Gasteiger charge is -2.25. The van der Waals surface area contributed by atoms with E-state index in [0.717, 1.165) is 5.56 Å². The van der Waals surface area contributed by atoms with Gasteiger partial charge in [0.1, 0.15) is 11.7 Å². The summed E-state index contributed by atoms with van der Waals surface area (Å²) in [5.74, 6) is 0. The molecule has 0 unspecified atom stereocenters. The van der Waals surface area contributed by atoms with Crippen LogP contribution in [-0.2, 0) is 10.3 Å². The molecule has 1 aliphatic heterocycles. The smallest absolute Gasteiger partial charge is 0.122 e. The molecule has 0 aliphatic carbocycles. The monoisotopic (exact) mass is 204 g/mol. The van der Waals surface area contributed by atoms with Gasteiger partial charge < -0.3 is 9.84 Å². The van der Waals surface area contributed by atoms with E-state index in [-0.39, 0.29) is 12.2 Å². The fourth-order valence-electron chi connectivity index (χ4n) is 2.03.